The van der Waals surface area contributed by atoms with Crippen LogP contribution in [0, 0.1) is 6.92 Å². The minimum absolute atomic E-state index is 0.641. The number of aliphatic hydroxyl groups is 1. The standard InChI is InChI=1S/C18H16O2/c1-13-11-17(12-20-13)18(19)16-9-7-15(8-10-16)14-5-3-2-4-6-14/h2-12,18-19H,1H3. The molecule has 1 heterocycles. The molecule has 0 amide bonds. The van der Waals surface area contributed by atoms with Crippen molar-refractivity contribution in [1.82, 2.24) is 0 Å². The van der Waals surface area contributed by atoms with Crippen molar-refractivity contribution in [3.05, 3.63) is 83.8 Å². The van der Waals surface area contributed by atoms with Gasteiger partial charge in [-0.05, 0) is 29.7 Å². The number of benzene rings is 2. The Bertz CT molecular complexity index is 681. The molecule has 0 aliphatic rings. The van der Waals surface area contributed by atoms with Crippen LogP contribution in [0.25, 0.3) is 11.1 Å². The molecule has 0 aliphatic carbocycles. The van der Waals surface area contributed by atoms with Crippen molar-refractivity contribution in [1.29, 1.82) is 0 Å². The fraction of sp³-hybridized carbons (Fsp3) is 0.111. The van der Waals surface area contributed by atoms with Crippen LogP contribution < -0.4 is 0 Å². The summed E-state index contributed by atoms with van der Waals surface area (Å²) in [6.07, 6.45) is 0.961. The average molecular weight is 264 g/mol. The summed E-state index contributed by atoms with van der Waals surface area (Å²) in [5.41, 5.74) is 3.97. The van der Waals surface area contributed by atoms with Crippen LogP contribution in [0.5, 0.6) is 0 Å². The lowest BCUT2D eigenvalue weighted by Crippen LogP contribution is -1.97. The van der Waals surface area contributed by atoms with Crippen LogP contribution in [0.3, 0.4) is 0 Å². The third kappa shape index (κ3) is 2.51. The van der Waals surface area contributed by atoms with Gasteiger partial charge in [0.25, 0.3) is 0 Å². The van der Waals surface area contributed by atoms with Crippen molar-refractivity contribution in [2.24, 2.45) is 0 Å². The highest BCUT2D eigenvalue weighted by atomic mass is 16.3. The molecular weight excluding hydrogens is 248 g/mol. The molecule has 2 nitrogen and oxygen atoms in total. The number of furan rings is 1. The average Bonchev–Trinajstić information content (AvgIpc) is 2.94. The van der Waals surface area contributed by atoms with Crippen molar-refractivity contribution in [2.45, 2.75) is 13.0 Å². The molecule has 0 bridgehead atoms. The van der Waals surface area contributed by atoms with E-state index in [2.05, 4.69) is 12.1 Å². The third-order valence-electron chi connectivity index (χ3n) is 3.40. The minimum Gasteiger partial charge on any atom is -0.469 e. The SMILES string of the molecule is Cc1cc(C(O)c2ccc(-c3ccccc3)cc2)co1. The van der Waals surface area contributed by atoms with Crippen LogP contribution in [0.2, 0.25) is 0 Å². The second-order valence-corrected chi connectivity index (χ2v) is 4.88. The fourth-order valence-corrected chi connectivity index (χ4v) is 2.29. The molecule has 0 fully saturated rings. The minimum atomic E-state index is -0.641. The van der Waals surface area contributed by atoms with E-state index >= 15 is 0 Å². The van der Waals surface area contributed by atoms with E-state index in [-0.39, 0.29) is 0 Å². The molecule has 2 heteroatoms. The lowest BCUT2D eigenvalue weighted by molar-refractivity contribution is 0.219. The van der Waals surface area contributed by atoms with Crippen molar-refractivity contribution in [3.8, 4) is 11.1 Å². The van der Waals surface area contributed by atoms with Crippen LogP contribution in [-0.4, -0.2) is 5.11 Å². The number of aryl methyl sites for hydroxylation is 1. The molecule has 0 radical (unpaired) electrons. The van der Waals surface area contributed by atoms with Gasteiger partial charge in [-0.15, -0.1) is 0 Å². The highest BCUT2D eigenvalue weighted by Gasteiger charge is 2.12. The first kappa shape index (κ1) is 12.7. The molecule has 3 aromatic rings. The normalized spacial score (nSPS) is 12.3. The Morgan fingerprint density at radius 3 is 2.10 bits per heavy atom. The van der Waals surface area contributed by atoms with Gasteiger partial charge in [-0.3, -0.25) is 0 Å². The molecule has 1 aromatic heterocycles. The molecule has 0 aliphatic heterocycles. The Morgan fingerprint density at radius 2 is 1.50 bits per heavy atom. The van der Waals surface area contributed by atoms with Gasteiger partial charge in [0, 0.05) is 5.56 Å². The molecular formula is C18H16O2. The van der Waals surface area contributed by atoms with Gasteiger partial charge in [0.2, 0.25) is 0 Å². The number of rotatable bonds is 3. The van der Waals surface area contributed by atoms with Gasteiger partial charge < -0.3 is 9.52 Å². The van der Waals surface area contributed by atoms with Crippen LogP contribution in [0.4, 0.5) is 0 Å². The van der Waals surface area contributed by atoms with Crippen LogP contribution in [0.15, 0.2) is 71.3 Å². The van der Waals surface area contributed by atoms with Crippen molar-refractivity contribution in [3.63, 3.8) is 0 Å². The summed E-state index contributed by atoms with van der Waals surface area (Å²) >= 11 is 0. The summed E-state index contributed by atoms with van der Waals surface area (Å²) in [7, 11) is 0. The van der Waals surface area contributed by atoms with Gasteiger partial charge in [0.05, 0.1) is 6.26 Å². The van der Waals surface area contributed by atoms with E-state index in [9.17, 15) is 5.11 Å². The first-order valence-electron chi connectivity index (χ1n) is 6.62. The molecule has 0 saturated carbocycles. The third-order valence-corrected chi connectivity index (χ3v) is 3.40. The van der Waals surface area contributed by atoms with E-state index in [1.165, 1.54) is 5.56 Å². The quantitative estimate of drug-likeness (QED) is 0.763. The van der Waals surface area contributed by atoms with E-state index in [4.69, 9.17) is 4.42 Å². The fourth-order valence-electron chi connectivity index (χ4n) is 2.29. The number of hydrogen-bond donors (Lipinski definition) is 1. The summed E-state index contributed by atoms with van der Waals surface area (Å²) in [6, 6.07) is 20.0. The van der Waals surface area contributed by atoms with E-state index < -0.39 is 6.10 Å². The molecule has 100 valence electrons. The molecule has 1 unspecified atom stereocenters. The maximum Gasteiger partial charge on any atom is 0.107 e. The van der Waals surface area contributed by atoms with Gasteiger partial charge in [0.15, 0.2) is 0 Å². The smallest absolute Gasteiger partial charge is 0.107 e. The van der Waals surface area contributed by atoms with Crippen LogP contribution in [-0.2, 0) is 0 Å². The molecule has 1 atom stereocenters. The number of aliphatic hydroxyl groups excluding tert-OH is 1. The van der Waals surface area contributed by atoms with Gasteiger partial charge >= 0.3 is 0 Å². The van der Waals surface area contributed by atoms with Gasteiger partial charge in [0.1, 0.15) is 11.9 Å². The Kier molecular flexibility index (Phi) is 3.40. The van der Waals surface area contributed by atoms with Crippen molar-refractivity contribution in [2.75, 3.05) is 0 Å². The Labute approximate surface area is 118 Å². The van der Waals surface area contributed by atoms with Gasteiger partial charge in [-0.25, -0.2) is 0 Å². The summed E-state index contributed by atoms with van der Waals surface area (Å²) in [4.78, 5) is 0. The molecule has 0 spiro atoms. The molecule has 0 saturated heterocycles. The summed E-state index contributed by atoms with van der Waals surface area (Å²) in [5, 5.41) is 10.3. The van der Waals surface area contributed by atoms with Crippen LogP contribution >= 0.6 is 0 Å². The molecule has 1 N–H and O–H groups in total. The van der Waals surface area contributed by atoms with E-state index in [1.54, 1.807) is 6.26 Å². The van der Waals surface area contributed by atoms with Crippen molar-refractivity contribution < 1.29 is 9.52 Å². The molecule has 3 rings (SSSR count). The Balaban J connectivity index is 1.86. The monoisotopic (exact) mass is 264 g/mol. The molecule has 2 aromatic carbocycles. The van der Waals surface area contributed by atoms with Crippen LogP contribution in [0.1, 0.15) is 23.0 Å². The highest BCUT2D eigenvalue weighted by Crippen LogP contribution is 2.26. The topological polar surface area (TPSA) is 33.4 Å². The lowest BCUT2D eigenvalue weighted by Gasteiger charge is -2.09. The lowest BCUT2D eigenvalue weighted by atomic mass is 9.99. The second-order valence-electron chi connectivity index (χ2n) is 4.88. The highest BCUT2D eigenvalue weighted by molar-refractivity contribution is 5.63. The predicted molar refractivity (Wildman–Crippen MR) is 79.4 cm³/mol. The largest absolute Gasteiger partial charge is 0.469 e. The van der Waals surface area contributed by atoms with Gasteiger partial charge in [-0.1, -0.05) is 54.6 Å². The zero-order chi connectivity index (χ0) is 13.9. The Hall–Kier alpha value is -2.32. The summed E-state index contributed by atoms with van der Waals surface area (Å²) in [5.74, 6) is 0.806. The zero-order valence-corrected chi connectivity index (χ0v) is 11.3. The predicted octanol–water partition coefficient (Wildman–Crippen LogP) is 4.34. The molecule has 20 heavy (non-hydrogen) atoms. The summed E-state index contributed by atoms with van der Waals surface area (Å²) < 4.78 is 5.24. The maximum absolute atomic E-state index is 10.3. The summed E-state index contributed by atoms with van der Waals surface area (Å²) in [6.45, 7) is 1.87. The number of hydrogen-bond acceptors (Lipinski definition) is 2. The maximum atomic E-state index is 10.3. The van der Waals surface area contributed by atoms with Crippen molar-refractivity contribution >= 4 is 0 Å². The zero-order valence-electron chi connectivity index (χ0n) is 11.3. The van der Waals surface area contributed by atoms with E-state index in [0.717, 1.165) is 22.5 Å². The first-order valence-corrected chi connectivity index (χ1v) is 6.62. The first-order chi connectivity index (χ1) is 9.74. The Morgan fingerprint density at radius 1 is 0.850 bits per heavy atom. The second kappa shape index (κ2) is 5.35. The van der Waals surface area contributed by atoms with E-state index in [0.29, 0.717) is 0 Å². The van der Waals surface area contributed by atoms with E-state index in [1.807, 2.05) is 55.5 Å². The van der Waals surface area contributed by atoms with Gasteiger partial charge in [-0.2, -0.15) is 0 Å².